The SMILES string of the molecule is CC(C)(C)OC(=O)N[C@@H]1CCCN(c2nc3ccc(Br)cn3n2)C1. The number of hydrogen-bond donors (Lipinski definition) is 1. The first-order chi connectivity index (χ1) is 11.3. The van der Waals surface area contributed by atoms with Crippen LogP contribution in [-0.2, 0) is 4.74 Å². The molecule has 1 fully saturated rings. The van der Waals surface area contributed by atoms with Crippen molar-refractivity contribution < 1.29 is 9.53 Å². The Bertz CT molecular complexity index is 740. The monoisotopic (exact) mass is 395 g/mol. The highest BCUT2D eigenvalue weighted by molar-refractivity contribution is 9.10. The summed E-state index contributed by atoms with van der Waals surface area (Å²) in [6.45, 7) is 7.14. The minimum atomic E-state index is -0.491. The summed E-state index contributed by atoms with van der Waals surface area (Å²) in [6, 6.07) is 3.89. The number of fused-ring (bicyclic) bond motifs is 1. The summed E-state index contributed by atoms with van der Waals surface area (Å²) < 4.78 is 8.04. The second-order valence-corrected chi connectivity index (χ2v) is 7.91. The van der Waals surface area contributed by atoms with Crippen LogP contribution in [0.5, 0.6) is 0 Å². The van der Waals surface area contributed by atoms with Crippen molar-refractivity contribution in [2.45, 2.75) is 45.3 Å². The highest BCUT2D eigenvalue weighted by Crippen LogP contribution is 2.19. The van der Waals surface area contributed by atoms with Gasteiger partial charge in [0.15, 0.2) is 5.65 Å². The summed E-state index contributed by atoms with van der Waals surface area (Å²) in [5.41, 5.74) is 0.310. The number of nitrogens with one attached hydrogen (secondary N) is 1. The summed E-state index contributed by atoms with van der Waals surface area (Å²) in [7, 11) is 0. The number of aromatic nitrogens is 3. The number of hydrogen-bond acceptors (Lipinski definition) is 5. The summed E-state index contributed by atoms with van der Waals surface area (Å²) in [6.07, 6.45) is 3.40. The standard InChI is InChI=1S/C16H22BrN5O2/c1-16(2,3)24-15(23)18-12-5-4-8-21(10-12)14-19-13-7-6-11(17)9-22(13)20-14/h6-7,9,12H,4-5,8,10H2,1-3H3,(H,18,23)/t12-/m1/s1. The third-order valence-electron chi connectivity index (χ3n) is 3.71. The van der Waals surface area contributed by atoms with E-state index in [1.54, 1.807) is 4.52 Å². The van der Waals surface area contributed by atoms with Crippen LogP contribution in [0.2, 0.25) is 0 Å². The Morgan fingerprint density at radius 2 is 2.21 bits per heavy atom. The average molecular weight is 396 g/mol. The number of nitrogens with zero attached hydrogens (tertiary/aromatic N) is 4. The van der Waals surface area contributed by atoms with Crippen molar-refractivity contribution in [1.29, 1.82) is 0 Å². The number of amides is 1. The lowest BCUT2D eigenvalue weighted by atomic mass is 10.1. The van der Waals surface area contributed by atoms with Gasteiger partial charge in [0.25, 0.3) is 0 Å². The van der Waals surface area contributed by atoms with Crippen LogP contribution in [-0.4, -0.2) is 45.4 Å². The normalized spacial score (nSPS) is 18.7. The van der Waals surface area contributed by atoms with Gasteiger partial charge in [-0.05, 0) is 61.7 Å². The molecule has 2 aromatic rings. The molecule has 3 heterocycles. The van der Waals surface area contributed by atoms with Gasteiger partial charge in [0.2, 0.25) is 5.95 Å². The Labute approximate surface area is 149 Å². The molecular formula is C16H22BrN5O2. The molecule has 2 aromatic heterocycles. The van der Waals surface area contributed by atoms with Gasteiger partial charge in [-0.2, -0.15) is 4.98 Å². The molecule has 1 amide bonds. The van der Waals surface area contributed by atoms with Crippen molar-refractivity contribution in [2.75, 3.05) is 18.0 Å². The summed E-state index contributed by atoms with van der Waals surface area (Å²) in [4.78, 5) is 18.6. The molecule has 0 unspecified atom stereocenters. The molecule has 1 saturated heterocycles. The van der Waals surface area contributed by atoms with Crippen LogP contribution in [0.15, 0.2) is 22.8 Å². The van der Waals surface area contributed by atoms with E-state index in [1.807, 2.05) is 39.1 Å². The van der Waals surface area contributed by atoms with Gasteiger partial charge in [0.05, 0.1) is 0 Å². The van der Waals surface area contributed by atoms with Crippen LogP contribution in [0.1, 0.15) is 33.6 Å². The first-order valence-corrected chi connectivity index (χ1v) is 8.86. The molecule has 24 heavy (non-hydrogen) atoms. The average Bonchev–Trinajstić information content (AvgIpc) is 2.88. The molecule has 130 valence electrons. The lowest BCUT2D eigenvalue weighted by Gasteiger charge is -2.32. The third-order valence-corrected chi connectivity index (χ3v) is 4.18. The van der Waals surface area contributed by atoms with E-state index in [4.69, 9.17) is 4.74 Å². The Balaban J connectivity index is 1.67. The Kier molecular flexibility index (Phi) is 4.67. The van der Waals surface area contributed by atoms with Crippen molar-refractivity contribution in [3.63, 3.8) is 0 Å². The van der Waals surface area contributed by atoms with Crippen LogP contribution < -0.4 is 10.2 Å². The zero-order valence-corrected chi connectivity index (χ0v) is 15.7. The molecule has 0 aromatic carbocycles. The lowest BCUT2D eigenvalue weighted by molar-refractivity contribution is 0.0500. The molecule has 0 aliphatic carbocycles. The molecular weight excluding hydrogens is 374 g/mol. The number of carbonyl (C=O) groups is 1. The number of carbonyl (C=O) groups excluding carboxylic acids is 1. The molecule has 8 heteroatoms. The topological polar surface area (TPSA) is 71.8 Å². The molecule has 0 spiro atoms. The fourth-order valence-corrected chi connectivity index (χ4v) is 3.06. The van der Waals surface area contributed by atoms with Crippen LogP contribution in [0.25, 0.3) is 5.65 Å². The van der Waals surface area contributed by atoms with Gasteiger partial charge in [-0.15, -0.1) is 5.10 Å². The third kappa shape index (κ3) is 4.17. The van der Waals surface area contributed by atoms with E-state index in [0.29, 0.717) is 12.5 Å². The zero-order valence-electron chi connectivity index (χ0n) is 14.1. The zero-order chi connectivity index (χ0) is 17.3. The summed E-state index contributed by atoms with van der Waals surface area (Å²) in [5.74, 6) is 0.684. The van der Waals surface area contributed by atoms with Crippen molar-refractivity contribution >= 4 is 33.6 Å². The quantitative estimate of drug-likeness (QED) is 0.845. The largest absolute Gasteiger partial charge is 0.444 e. The molecule has 1 atom stereocenters. The van der Waals surface area contributed by atoms with Crippen molar-refractivity contribution in [3.8, 4) is 0 Å². The van der Waals surface area contributed by atoms with Gasteiger partial charge in [-0.25, -0.2) is 9.31 Å². The Morgan fingerprint density at radius 1 is 1.42 bits per heavy atom. The van der Waals surface area contributed by atoms with E-state index in [-0.39, 0.29) is 12.1 Å². The van der Waals surface area contributed by atoms with Crippen LogP contribution in [0, 0.1) is 0 Å². The van der Waals surface area contributed by atoms with Gasteiger partial charge in [0, 0.05) is 29.8 Å². The Hall–Kier alpha value is -1.83. The summed E-state index contributed by atoms with van der Waals surface area (Å²) in [5, 5.41) is 7.47. The molecule has 0 radical (unpaired) electrons. The van der Waals surface area contributed by atoms with Gasteiger partial charge >= 0.3 is 6.09 Å². The van der Waals surface area contributed by atoms with Crippen LogP contribution >= 0.6 is 15.9 Å². The van der Waals surface area contributed by atoms with E-state index >= 15 is 0 Å². The van der Waals surface area contributed by atoms with Gasteiger partial charge in [-0.1, -0.05) is 0 Å². The molecule has 0 saturated carbocycles. The number of ether oxygens (including phenoxy) is 1. The number of anilines is 1. The van der Waals surface area contributed by atoms with Gasteiger partial charge in [0.1, 0.15) is 5.60 Å². The van der Waals surface area contributed by atoms with Crippen molar-refractivity contribution in [1.82, 2.24) is 19.9 Å². The van der Waals surface area contributed by atoms with E-state index in [2.05, 4.69) is 36.2 Å². The molecule has 1 aliphatic heterocycles. The maximum atomic E-state index is 12.0. The van der Waals surface area contributed by atoms with Gasteiger partial charge in [-0.3, -0.25) is 0 Å². The fourth-order valence-electron chi connectivity index (χ4n) is 2.73. The maximum Gasteiger partial charge on any atom is 0.407 e. The minimum Gasteiger partial charge on any atom is -0.444 e. The Morgan fingerprint density at radius 3 is 2.96 bits per heavy atom. The number of rotatable bonds is 2. The van der Waals surface area contributed by atoms with Crippen molar-refractivity contribution in [3.05, 3.63) is 22.8 Å². The predicted molar refractivity (Wildman–Crippen MR) is 95.3 cm³/mol. The molecule has 1 aliphatic rings. The van der Waals surface area contributed by atoms with Crippen LogP contribution in [0.3, 0.4) is 0 Å². The maximum absolute atomic E-state index is 12.0. The van der Waals surface area contributed by atoms with E-state index < -0.39 is 5.60 Å². The summed E-state index contributed by atoms with van der Waals surface area (Å²) >= 11 is 3.43. The molecule has 1 N–H and O–H groups in total. The molecule has 3 rings (SSSR count). The second kappa shape index (κ2) is 6.58. The first kappa shape index (κ1) is 17.0. The predicted octanol–water partition coefficient (Wildman–Crippen LogP) is 2.99. The number of piperidine rings is 1. The molecule has 0 bridgehead atoms. The number of alkyl carbamates (subject to hydrolysis) is 1. The first-order valence-electron chi connectivity index (χ1n) is 8.06. The number of halogens is 1. The fraction of sp³-hybridized carbons (Fsp3) is 0.562. The van der Waals surface area contributed by atoms with E-state index in [9.17, 15) is 4.79 Å². The van der Waals surface area contributed by atoms with E-state index in [1.165, 1.54) is 0 Å². The van der Waals surface area contributed by atoms with Crippen molar-refractivity contribution in [2.24, 2.45) is 0 Å². The highest BCUT2D eigenvalue weighted by Gasteiger charge is 2.26. The number of pyridine rings is 1. The van der Waals surface area contributed by atoms with Gasteiger partial charge < -0.3 is 15.0 Å². The van der Waals surface area contributed by atoms with E-state index in [0.717, 1.165) is 29.5 Å². The smallest absolute Gasteiger partial charge is 0.407 e. The lowest BCUT2D eigenvalue weighted by Crippen LogP contribution is -2.49. The minimum absolute atomic E-state index is 0.0342. The highest BCUT2D eigenvalue weighted by atomic mass is 79.9. The van der Waals surface area contributed by atoms with Crippen LogP contribution in [0.4, 0.5) is 10.7 Å². The molecule has 7 nitrogen and oxygen atoms in total. The second-order valence-electron chi connectivity index (χ2n) is 6.99.